The molecule has 0 saturated carbocycles. The third-order valence-corrected chi connectivity index (χ3v) is 6.06. The number of hydrogen-bond acceptors (Lipinski definition) is 7. The minimum absolute atomic E-state index is 0.00370. The maximum Gasteiger partial charge on any atom is 0.407 e. The summed E-state index contributed by atoms with van der Waals surface area (Å²) in [6.07, 6.45) is -1.08. The zero-order valence-electron chi connectivity index (χ0n) is 19.4. The van der Waals surface area contributed by atoms with Gasteiger partial charge in [0.25, 0.3) is 0 Å². The van der Waals surface area contributed by atoms with Crippen LogP contribution in [0, 0.1) is 0 Å². The maximum absolute atomic E-state index is 12.8. The molecule has 0 aliphatic rings. The Labute approximate surface area is 205 Å². The average molecular weight is 498 g/mol. The van der Waals surface area contributed by atoms with Crippen LogP contribution >= 0.6 is 0 Å². The molecule has 0 spiro atoms. The van der Waals surface area contributed by atoms with E-state index in [1.165, 1.54) is 24.3 Å². The fraction of sp³-hybridized carbons (Fsp3) is 0.231. The van der Waals surface area contributed by atoms with Crippen molar-refractivity contribution in [2.24, 2.45) is 0 Å². The van der Waals surface area contributed by atoms with Gasteiger partial charge in [0.15, 0.2) is 0 Å². The fourth-order valence-corrected chi connectivity index (χ4v) is 4.10. The quantitative estimate of drug-likeness (QED) is 0.326. The molecule has 0 aromatic heterocycles. The third kappa shape index (κ3) is 7.86. The third-order valence-electron chi connectivity index (χ3n) is 4.80. The van der Waals surface area contributed by atoms with E-state index in [1.807, 2.05) is 30.3 Å². The molecular weight excluding hydrogens is 470 g/mol. The van der Waals surface area contributed by atoms with E-state index in [4.69, 9.17) is 13.7 Å². The molecule has 9 heteroatoms. The zero-order valence-corrected chi connectivity index (χ0v) is 20.2. The van der Waals surface area contributed by atoms with Crippen molar-refractivity contribution in [2.75, 3.05) is 6.54 Å². The summed E-state index contributed by atoms with van der Waals surface area (Å²) in [6, 6.07) is 23.0. The average Bonchev–Trinajstić information content (AvgIpc) is 2.83. The van der Waals surface area contributed by atoms with E-state index in [0.717, 1.165) is 5.56 Å². The van der Waals surface area contributed by atoms with Crippen LogP contribution in [0.15, 0.2) is 89.8 Å². The van der Waals surface area contributed by atoms with Crippen LogP contribution in [-0.2, 0) is 31.0 Å². The predicted octanol–water partition coefficient (Wildman–Crippen LogP) is 4.42. The second kappa shape index (κ2) is 12.0. The van der Waals surface area contributed by atoms with Crippen LogP contribution in [-0.4, -0.2) is 33.1 Å². The normalized spacial score (nSPS) is 12.0. The summed E-state index contributed by atoms with van der Waals surface area (Å²) in [6.45, 7) is 3.38. The Hall–Kier alpha value is -3.85. The van der Waals surface area contributed by atoms with Crippen LogP contribution in [0.2, 0.25) is 0 Å². The van der Waals surface area contributed by atoms with Crippen molar-refractivity contribution in [3.05, 3.63) is 96.1 Å². The first kappa shape index (κ1) is 25.8. The molecule has 1 N–H and O–H groups in total. The molecule has 0 bridgehead atoms. The van der Waals surface area contributed by atoms with Gasteiger partial charge in [0, 0.05) is 6.54 Å². The monoisotopic (exact) mass is 497 g/mol. The van der Waals surface area contributed by atoms with Crippen molar-refractivity contribution < 1.29 is 31.7 Å². The SMILES string of the molecule is CC(C)OC(=O)C(CNC(=O)OCc1ccccc1)c1cccc(OS(=O)(=O)c2ccccc2)c1. The van der Waals surface area contributed by atoms with Crippen LogP contribution in [0.3, 0.4) is 0 Å². The summed E-state index contributed by atoms with van der Waals surface area (Å²) in [5, 5.41) is 2.58. The first-order valence-corrected chi connectivity index (χ1v) is 12.4. The van der Waals surface area contributed by atoms with E-state index in [2.05, 4.69) is 5.32 Å². The molecule has 0 fully saturated rings. The number of benzene rings is 3. The first-order valence-electron chi connectivity index (χ1n) is 11.0. The molecule has 3 rings (SSSR count). The Morgan fingerprint density at radius 1 is 0.886 bits per heavy atom. The Kier molecular flexibility index (Phi) is 8.86. The molecule has 3 aromatic rings. The van der Waals surface area contributed by atoms with Gasteiger partial charge in [-0.2, -0.15) is 8.42 Å². The van der Waals surface area contributed by atoms with E-state index in [9.17, 15) is 18.0 Å². The van der Waals surface area contributed by atoms with Crippen molar-refractivity contribution in [2.45, 2.75) is 37.4 Å². The fourth-order valence-electron chi connectivity index (χ4n) is 3.16. The lowest BCUT2D eigenvalue weighted by molar-refractivity contribution is -0.149. The minimum Gasteiger partial charge on any atom is -0.462 e. The van der Waals surface area contributed by atoms with Crippen molar-refractivity contribution in [1.82, 2.24) is 5.32 Å². The van der Waals surface area contributed by atoms with Gasteiger partial charge in [0.05, 0.1) is 12.0 Å². The molecule has 3 aromatic carbocycles. The standard InChI is InChI=1S/C26H27NO7S/c1-19(2)33-25(28)24(17-27-26(29)32-18-20-10-5-3-6-11-20)21-12-9-13-22(16-21)34-35(30,31)23-14-7-4-8-15-23/h3-16,19,24H,17-18H2,1-2H3,(H,27,29). The lowest BCUT2D eigenvalue weighted by atomic mass is 9.99. The number of rotatable bonds is 10. The van der Waals surface area contributed by atoms with Crippen molar-refractivity contribution in [3.63, 3.8) is 0 Å². The number of ether oxygens (including phenoxy) is 2. The first-order chi connectivity index (χ1) is 16.7. The highest BCUT2D eigenvalue weighted by Crippen LogP contribution is 2.25. The number of nitrogens with one attached hydrogen (secondary N) is 1. The molecular formula is C26H27NO7S. The number of alkyl carbamates (subject to hydrolysis) is 1. The second-order valence-corrected chi connectivity index (χ2v) is 9.45. The molecule has 184 valence electrons. The number of amides is 1. The van der Waals surface area contributed by atoms with Crippen molar-refractivity contribution in [3.8, 4) is 5.75 Å². The van der Waals surface area contributed by atoms with Crippen LogP contribution in [0.5, 0.6) is 5.75 Å². The van der Waals surface area contributed by atoms with Gasteiger partial charge in [-0.25, -0.2) is 4.79 Å². The minimum atomic E-state index is -4.06. The van der Waals surface area contributed by atoms with Gasteiger partial charge in [-0.1, -0.05) is 60.7 Å². The summed E-state index contributed by atoms with van der Waals surface area (Å²) in [7, 11) is -4.06. The van der Waals surface area contributed by atoms with Gasteiger partial charge in [-0.3, -0.25) is 4.79 Å². The Bertz CT molecular complexity index is 1230. The number of esters is 1. The molecule has 8 nitrogen and oxygen atoms in total. The van der Waals surface area contributed by atoms with Crippen molar-refractivity contribution >= 4 is 22.2 Å². The lowest BCUT2D eigenvalue weighted by Gasteiger charge is -2.19. The van der Waals surface area contributed by atoms with Crippen LogP contribution < -0.4 is 9.50 Å². The second-order valence-electron chi connectivity index (χ2n) is 7.90. The molecule has 0 radical (unpaired) electrons. The molecule has 0 saturated heterocycles. The van der Waals surface area contributed by atoms with E-state index in [0.29, 0.717) is 5.56 Å². The highest BCUT2D eigenvalue weighted by atomic mass is 32.2. The van der Waals surface area contributed by atoms with Gasteiger partial charge in [0.2, 0.25) is 0 Å². The summed E-state index contributed by atoms with van der Waals surface area (Å²) in [5.74, 6) is -1.46. The van der Waals surface area contributed by atoms with Gasteiger partial charge in [0.1, 0.15) is 17.3 Å². The van der Waals surface area contributed by atoms with Gasteiger partial charge >= 0.3 is 22.2 Å². The Morgan fingerprint density at radius 3 is 2.20 bits per heavy atom. The summed E-state index contributed by atoms with van der Waals surface area (Å²) >= 11 is 0. The van der Waals surface area contributed by atoms with Crippen molar-refractivity contribution in [1.29, 1.82) is 0 Å². The van der Waals surface area contributed by atoms with E-state index in [-0.39, 0.29) is 29.9 Å². The molecule has 1 atom stereocenters. The zero-order chi connectivity index (χ0) is 25.3. The van der Waals surface area contributed by atoms with Gasteiger partial charge < -0.3 is 19.0 Å². The summed E-state index contributed by atoms with van der Waals surface area (Å²) < 4.78 is 41.0. The molecule has 1 amide bonds. The summed E-state index contributed by atoms with van der Waals surface area (Å²) in [5.41, 5.74) is 1.24. The highest BCUT2D eigenvalue weighted by molar-refractivity contribution is 7.87. The van der Waals surface area contributed by atoms with Crippen LogP contribution in [0.1, 0.15) is 30.9 Å². The maximum atomic E-state index is 12.8. The number of hydrogen-bond donors (Lipinski definition) is 1. The molecule has 35 heavy (non-hydrogen) atoms. The number of carbonyl (C=O) groups excluding carboxylic acids is 2. The molecule has 0 aliphatic heterocycles. The molecule has 0 heterocycles. The number of carbonyl (C=O) groups is 2. The largest absolute Gasteiger partial charge is 0.462 e. The smallest absolute Gasteiger partial charge is 0.407 e. The molecule has 1 unspecified atom stereocenters. The van der Waals surface area contributed by atoms with E-state index < -0.39 is 28.1 Å². The Balaban J connectivity index is 1.73. The summed E-state index contributed by atoms with van der Waals surface area (Å²) in [4.78, 5) is 25.0. The topological polar surface area (TPSA) is 108 Å². The van der Waals surface area contributed by atoms with E-state index >= 15 is 0 Å². The Morgan fingerprint density at radius 2 is 1.54 bits per heavy atom. The lowest BCUT2D eigenvalue weighted by Crippen LogP contribution is -2.33. The van der Waals surface area contributed by atoms with Gasteiger partial charge in [-0.05, 0) is 49.2 Å². The van der Waals surface area contributed by atoms with Crippen LogP contribution in [0.25, 0.3) is 0 Å². The highest BCUT2D eigenvalue weighted by Gasteiger charge is 2.25. The van der Waals surface area contributed by atoms with E-state index in [1.54, 1.807) is 44.2 Å². The van der Waals surface area contributed by atoms with Crippen LogP contribution in [0.4, 0.5) is 4.79 Å². The van der Waals surface area contributed by atoms with Gasteiger partial charge in [-0.15, -0.1) is 0 Å². The molecule has 0 aliphatic carbocycles. The predicted molar refractivity (Wildman–Crippen MR) is 129 cm³/mol.